The van der Waals surface area contributed by atoms with Crippen LogP contribution in [0.4, 0.5) is 5.69 Å². The fraction of sp³-hybridized carbons (Fsp3) is 0.394. The Bertz CT molecular complexity index is 1490. The van der Waals surface area contributed by atoms with Crippen molar-refractivity contribution in [1.29, 1.82) is 0 Å². The molecule has 1 saturated heterocycles. The number of carboxylic acids is 1. The van der Waals surface area contributed by atoms with Gasteiger partial charge in [-0.2, -0.15) is 0 Å². The number of hydrogen-bond donors (Lipinski definition) is 3. The van der Waals surface area contributed by atoms with Gasteiger partial charge in [0.15, 0.2) is 0 Å². The van der Waals surface area contributed by atoms with Crippen LogP contribution in [0.2, 0.25) is 0 Å². The number of nitrogens with one attached hydrogen (secondary N) is 2. The predicted octanol–water partition coefficient (Wildman–Crippen LogP) is 4.54. The molecule has 3 aliphatic rings. The van der Waals surface area contributed by atoms with E-state index in [9.17, 15) is 19.5 Å². The fourth-order valence-electron chi connectivity index (χ4n) is 6.23. The molecule has 3 heterocycles. The number of carboxylic acid groups (broad SMARTS) is 1. The number of fused-ring (bicyclic) bond motifs is 3. The van der Waals surface area contributed by atoms with Crippen LogP contribution >= 0.6 is 0 Å². The molecule has 42 heavy (non-hydrogen) atoms. The molecule has 6 rings (SSSR count). The predicted molar refractivity (Wildman–Crippen MR) is 159 cm³/mol. The lowest BCUT2D eigenvalue weighted by Gasteiger charge is -2.30. The first-order valence-corrected chi connectivity index (χ1v) is 14.8. The highest BCUT2D eigenvalue weighted by atomic mass is 16.5. The number of benzene rings is 2. The standard InChI is InChI=1S/C33H36N4O5/c38-30-28-19-24(42-29-17-18-34-26-15-10-9-14-25(26)29)21-37(28)31(39)27(35-23-12-6-4-7-13-23)16-8-3-1-2-5-11-22-20-33(22,36-30)32(40)41/h4-7,9-15,17-18,22,24,27-28,35H,1-3,8,16,19-21H2,(H,36,38)(H,40,41)/t22-,24-,27+,28+,33-/m1/s1. The van der Waals surface area contributed by atoms with E-state index in [4.69, 9.17) is 4.74 Å². The van der Waals surface area contributed by atoms with E-state index >= 15 is 0 Å². The van der Waals surface area contributed by atoms with E-state index in [0.717, 1.165) is 42.3 Å². The van der Waals surface area contributed by atoms with E-state index in [0.29, 0.717) is 18.6 Å². The highest BCUT2D eigenvalue weighted by Crippen LogP contribution is 2.45. The second kappa shape index (κ2) is 11.8. The fourth-order valence-corrected chi connectivity index (χ4v) is 6.23. The Morgan fingerprint density at radius 3 is 2.69 bits per heavy atom. The molecule has 1 aromatic heterocycles. The number of para-hydroxylation sites is 2. The van der Waals surface area contributed by atoms with Gasteiger partial charge in [-0.15, -0.1) is 0 Å². The van der Waals surface area contributed by atoms with Gasteiger partial charge in [0.25, 0.3) is 0 Å². The molecule has 0 bridgehead atoms. The molecule has 0 spiro atoms. The quantitative estimate of drug-likeness (QED) is 0.387. The normalized spacial score (nSPS) is 28.1. The minimum atomic E-state index is -1.34. The van der Waals surface area contributed by atoms with Crippen LogP contribution in [-0.4, -0.2) is 63.0 Å². The number of pyridine rings is 1. The van der Waals surface area contributed by atoms with Crippen LogP contribution in [0.5, 0.6) is 5.75 Å². The Balaban J connectivity index is 1.30. The number of carbonyl (C=O) groups is 3. The van der Waals surface area contributed by atoms with Crippen molar-refractivity contribution >= 4 is 34.4 Å². The van der Waals surface area contributed by atoms with Gasteiger partial charge in [0.2, 0.25) is 11.8 Å². The molecule has 9 nitrogen and oxygen atoms in total. The number of carbonyl (C=O) groups excluding carboxylic acids is 2. The average molecular weight is 569 g/mol. The lowest BCUT2D eigenvalue weighted by Crippen LogP contribution is -2.55. The van der Waals surface area contributed by atoms with Crippen LogP contribution in [0.3, 0.4) is 0 Å². The Labute approximate surface area is 245 Å². The number of amides is 2. The molecule has 2 amide bonds. The number of nitrogens with zero attached hydrogens (tertiary/aromatic N) is 2. The zero-order chi connectivity index (χ0) is 29.1. The van der Waals surface area contributed by atoms with Crippen molar-refractivity contribution in [1.82, 2.24) is 15.2 Å². The summed E-state index contributed by atoms with van der Waals surface area (Å²) < 4.78 is 6.43. The molecule has 2 fully saturated rings. The van der Waals surface area contributed by atoms with Gasteiger partial charge in [0.1, 0.15) is 29.5 Å². The van der Waals surface area contributed by atoms with E-state index in [1.54, 1.807) is 17.2 Å². The summed E-state index contributed by atoms with van der Waals surface area (Å²) in [4.78, 5) is 46.4. The van der Waals surface area contributed by atoms with Gasteiger partial charge in [-0.25, -0.2) is 4.79 Å². The molecule has 5 atom stereocenters. The topological polar surface area (TPSA) is 121 Å². The van der Waals surface area contributed by atoms with Gasteiger partial charge in [0, 0.05) is 29.6 Å². The Hall–Kier alpha value is -4.40. The average Bonchev–Trinajstić information content (AvgIpc) is 3.53. The maximum absolute atomic E-state index is 14.2. The minimum Gasteiger partial charge on any atom is -0.488 e. The smallest absolute Gasteiger partial charge is 0.330 e. The first kappa shape index (κ1) is 27.8. The van der Waals surface area contributed by atoms with Crippen LogP contribution in [0.1, 0.15) is 44.9 Å². The summed E-state index contributed by atoms with van der Waals surface area (Å²) in [5.41, 5.74) is 0.281. The zero-order valence-electron chi connectivity index (χ0n) is 23.4. The molecule has 2 aliphatic heterocycles. The Morgan fingerprint density at radius 2 is 1.86 bits per heavy atom. The maximum atomic E-state index is 14.2. The number of aromatic nitrogens is 1. The Morgan fingerprint density at radius 1 is 1.05 bits per heavy atom. The van der Waals surface area contributed by atoms with Crippen molar-refractivity contribution in [3.05, 3.63) is 79.0 Å². The molecular formula is C33H36N4O5. The number of hydrogen-bond acceptors (Lipinski definition) is 6. The molecule has 1 saturated carbocycles. The van der Waals surface area contributed by atoms with E-state index in [2.05, 4.69) is 15.6 Å². The molecule has 3 aromatic rings. The van der Waals surface area contributed by atoms with Crippen LogP contribution in [0.15, 0.2) is 79.0 Å². The largest absolute Gasteiger partial charge is 0.488 e. The summed E-state index contributed by atoms with van der Waals surface area (Å²) in [6, 6.07) is 17.7. The van der Waals surface area contributed by atoms with Crippen molar-refractivity contribution in [3.8, 4) is 5.75 Å². The van der Waals surface area contributed by atoms with E-state index in [1.165, 1.54) is 0 Å². The van der Waals surface area contributed by atoms with Crippen LogP contribution < -0.4 is 15.4 Å². The maximum Gasteiger partial charge on any atom is 0.330 e. The SMILES string of the molecule is O=C1N[C@]2(C(=O)O)C[C@H]2C=CCCCCC[C@H](Nc2ccccc2)C(=O)N2C[C@H](Oc3ccnc4ccccc34)C[C@@H]12. The third kappa shape index (κ3) is 5.68. The monoisotopic (exact) mass is 568 g/mol. The first-order valence-electron chi connectivity index (χ1n) is 14.8. The van der Waals surface area contributed by atoms with Crippen molar-refractivity contribution in [2.45, 2.75) is 68.7 Å². The highest BCUT2D eigenvalue weighted by molar-refractivity contribution is 5.96. The number of aliphatic carboxylic acids is 1. The summed E-state index contributed by atoms with van der Waals surface area (Å²) in [5, 5.41) is 17.2. The zero-order valence-corrected chi connectivity index (χ0v) is 23.4. The van der Waals surface area contributed by atoms with Crippen LogP contribution in [0, 0.1) is 5.92 Å². The van der Waals surface area contributed by atoms with Crippen molar-refractivity contribution in [3.63, 3.8) is 0 Å². The summed E-state index contributed by atoms with van der Waals surface area (Å²) in [6.45, 7) is 0.212. The summed E-state index contributed by atoms with van der Waals surface area (Å²) in [7, 11) is 0. The van der Waals surface area contributed by atoms with Gasteiger partial charge >= 0.3 is 5.97 Å². The van der Waals surface area contributed by atoms with Crippen LogP contribution in [0.25, 0.3) is 10.9 Å². The van der Waals surface area contributed by atoms with Gasteiger partial charge < -0.3 is 25.4 Å². The van der Waals surface area contributed by atoms with Crippen LogP contribution in [-0.2, 0) is 14.4 Å². The van der Waals surface area contributed by atoms with Crippen molar-refractivity contribution < 1.29 is 24.2 Å². The van der Waals surface area contributed by atoms with Gasteiger partial charge in [0.05, 0.1) is 12.1 Å². The van der Waals surface area contributed by atoms with E-state index in [-0.39, 0.29) is 24.8 Å². The number of rotatable bonds is 5. The second-order valence-electron chi connectivity index (χ2n) is 11.5. The van der Waals surface area contributed by atoms with Gasteiger partial charge in [-0.3, -0.25) is 14.6 Å². The third-order valence-electron chi connectivity index (χ3n) is 8.64. The molecule has 3 N–H and O–H groups in total. The van der Waals surface area contributed by atoms with Gasteiger partial charge in [-0.05, 0) is 56.0 Å². The van der Waals surface area contributed by atoms with Gasteiger partial charge in [-0.1, -0.05) is 55.3 Å². The molecular weight excluding hydrogens is 532 g/mol. The first-order chi connectivity index (χ1) is 20.4. The summed E-state index contributed by atoms with van der Waals surface area (Å²) in [6.07, 6.45) is 9.96. The minimum absolute atomic E-state index is 0.186. The number of ether oxygens (including phenoxy) is 1. The molecule has 9 heteroatoms. The third-order valence-corrected chi connectivity index (χ3v) is 8.64. The molecule has 1 aliphatic carbocycles. The number of allylic oxidation sites excluding steroid dienone is 1. The van der Waals surface area contributed by atoms with Crippen molar-refractivity contribution in [2.75, 3.05) is 11.9 Å². The lowest BCUT2D eigenvalue weighted by atomic mass is 10.0. The van der Waals surface area contributed by atoms with Crippen molar-refractivity contribution in [2.24, 2.45) is 5.92 Å². The lowest BCUT2D eigenvalue weighted by molar-refractivity contribution is -0.145. The second-order valence-corrected chi connectivity index (χ2v) is 11.5. The molecule has 218 valence electrons. The Kier molecular flexibility index (Phi) is 7.82. The van der Waals surface area contributed by atoms with E-state index < -0.39 is 35.6 Å². The molecule has 0 radical (unpaired) electrons. The van der Waals surface area contributed by atoms with E-state index in [1.807, 2.05) is 66.7 Å². The highest BCUT2D eigenvalue weighted by Gasteiger charge is 2.61. The molecule has 0 unspecified atom stereocenters. The molecule has 2 aromatic carbocycles. The number of anilines is 1. The summed E-state index contributed by atoms with van der Waals surface area (Å²) >= 11 is 0. The summed E-state index contributed by atoms with van der Waals surface area (Å²) in [5.74, 6) is -1.33.